The van der Waals surface area contributed by atoms with Crippen LogP contribution in [0.2, 0.25) is 0 Å². The molecule has 0 unspecified atom stereocenters. The number of rotatable bonds is 10. The van der Waals surface area contributed by atoms with Crippen LogP contribution in [-0.2, 0) is 27.7 Å². The second-order valence-electron chi connectivity index (χ2n) is 7.57. The van der Waals surface area contributed by atoms with E-state index in [0.29, 0.717) is 11.5 Å². The molecule has 0 atom stereocenters. The van der Waals surface area contributed by atoms with E-state index in [1.54, 1.807) is 36.4 Å². The van der Waals surface area contributed by atoms with E-state index < -0.39 is 22.5 Å². The van der Waals surface area contributed by atoms with Gasteiger partial charge in [-0.05, 0) is 60.4 Å². The molecule has 3 rings (SSSR count). The predicted molar refractivity (Wildman–Crippen MR) is 134 cm³/mol. The van der Waals surface area contributed by atoms with E-state index in [-0.39, 0.29) is 10.6 Å². The molecule has 3 aromatic carbocycles. The lowest BCUT2D eigenvalue weighted by Gasteiger charge is -2.26. The monoisotopic (exact) mass is 482 g/mol. The standard InChI is InChI=1S/C26H30N2O5S/c1-5-19-10-9-11-20(6-2)26(19)27-25(29)18-28(23-12-7-8-13-24(23)33-4)34(30,31)22-16-14-21(32-3)15-17-22/h7-17H,5-6,18H2,1-4H3,(H,27,29). The van der Waals surface area contributed by atoms with Gasteiger partial charge in [-0.1, -0.05) is 44.2 Å². The van der Waals surface area contributed by atoms with Crippen molar-refractivity contribution >= 4 is 27.3 Å². The number of anilines is 2. The summed E-state index contributed by atoms with van der Waals surface area (Å²) < 4.78 is 39.0. The molecule has 0 fully saturated rings. The van der Waals surface area contributed by atoms with Crippen molar-refractivity contribution in [3.63, 3.8) is 0 Å². The molecule has 0 heterocycles. The Hall–Kier alpha value is -3.52. The van der Waals surface area contributed by atoms with Gasteiger partial charge in [0.05, 0.1) is 24.8 Å². The Morgan fingerprint density at radius 2 is 1.47 bits per heavy atom. The second-order valence-corrected chi connectivity index (χ2v) is 9.43. The van der Waals surface area contributed by atoms with Gasteiger partial charge >= 0.3 is 0 Å². The number of amides is 1. The largest absolute Gasteiger partial charge is 0.497 e. The van der Waals surface area contributed by atoms with Crippen LogP contribution in [0.25, 0.3) is 0 Å². The van der Waals surface area contributed by atoms with E-state index in [1.165, 1.54) is 26.4 Å². The third kappa shape index (κ3) is 5.34. The first kappa shape index (κ1) is 25.1. The Morgan fingerprint density at radius 1 is 0.853 bits per heavy atom. The molecule has 0 aliphatic carbocycles. The van der Waals surface area contributed by atoms with Crippen LogP contribution in [0.1, 0.15) is 25.0 Å². The van der Waals surface area contributed by atoms with Crippen LogP contribution in [-0.4, -0.2) is 35.1 Å². The number of ether oxygens (including phenoxy) is 2. The average Bonchev–Trinajstić information content (AvgIpc) is 2.87. The maximum atomic E-state index is 13.7. The number of aryl methyl sites for hydroxylation is 2. The maximum absolute atomic E-state index is 13.7. The van der Waals surface area contributed by atoms with E-state index >= 15 is 0 Å². The highest BCUT2D eigenvalue weighted by Crippen LogP contribution is 2.33. The molecule has 1 amide bonds. The summed E-state index contributed by atoms with van der Waals surface area (Å²) >= 11 is 0. The zero-order valence-corrected chi connectivity index (χ0v) is 20.7. The lowest BCUT2D eigenvalue weighted by atomic mass is 10.0. The number of benzene rings is 3. The molecule has 1 N–H and O–H groups in total. The number of nitrogens with zero attached hydrogens (tertiary/aromatic N) is 1. The van der Waals surface area contributed by atoms with Crippen molar-refractivity contribution in [2.45, 2.75) is 31.6 Å². The first-order valence-electron chi connectivity index (χ1n) is 11.1. The Labute approximate surface area is 201 Å². The zero-order chi connectivity index (χ0) is 24.7. The molecule has 8 heteroatoms. The molecule has 0 aliphatic heterocycles. The number of methoxy groups -OCH3 is 2. The molecule has 0 radical (unpaired) electrons. The minimum atomic E-state index is -4.09. The van der Waals surface area contributed by atoms with Crippen molar-refractivity contribution in [1.82, 2.24) is 0 Å². The average molecular weight is 483 g/mol. The van der Waals surface area contributed by atoms with E-state index in [2.05, 4.69) is 5.32 Å². The van der Waals surface area contributed by atoms with Gasteiger partial charge in [-0.15, -0.1) is 0 Å². The summed E-state index contributed by atoms with van der Waals surface area (Å²) in [7, 11) is -1.13. The van der Waals surface area contributed by atoms with Gasteiger partial charge < -0.3 is 14.8 Å². The molecule has 0 aliphatic rings. The summed E-state index contributed by atoms with van der Waals surface area (Å²) in [5, 5.41) is 2.95. The van der Waals surface area contributed by atoms with Crippen molar-refractivity contribution in [3.05, 3.63) is 77.9 Å². The van der Waals surface area contributed by atoms with Crippen LogP contribution < -0.4 is 19.1 Å². The normalized spacial score (nSPS) is 11.1. The van der Waals surface area contributed by atoms with Gasteiger partial charge in [0.2, 0.25) is 5.91 Å². The van der Waals surface area contributed by atoms with Crippen LogP contribution in [0.3, 0.4) is 0 Å². The molecule has 0 saturated heterocycles. The maximum Gasteiger partial charge on any atom is 0.264 e. The molecule has 0 aromatic heterocycles. The number of hydrogen-bond donors (Lipinski definition) is 1. The lowest BCUT2D eigenvalue weighted by Crippen LogP contribution is -2.38. The summed E-state index contributed by atoms with van der Waals surface area (Å²) in [5.41, 5.74) is 3.00. The zero-order valence-electron chi connectivity index (χ0n) is 19.9. The lowest BCUT2D eigenvalue weighted by molar-refractivity contribution is -0.114. The van der Waals surface area contributed by atoms with Crippen LogP contribution >= 0.6 is 0 Å². The fourth-order valence-corrected chi connectivity index (χ4v) is 5.15. The fraction of sp³-hybridized carbons (Fsp3) is 0.269. The topological polar surface area (TPSA) is 84.9 Å². The molecule has 34 heavy (non-hydrogen) atoms. The molecule has 0 spiro atoms. The molecule has 7 nitrogen and oxygen atoms in total. The molecular weight excluding hydrogens is 452 g/mol. The van der Waals surface area contributed by atoms with Gasteiger partial charge in [0.1, 0.15) is 18.0 Å². The van der Waals surface area contributed by atoms with Crippen LogP contribution in [0.15, 0.2) is 71.6 Å². The Balaban J connectivity index is 2.02. The van der Waals surface area contributed by atoms with Crippen molar-refractivity contribution in [2.24, 2.45) is 0 Å². The number of carbonyl (C=O) groups excluding carboxylic acids is 1. The van der Waals surface area contributed by atoms with E-state index in [0.717, 1.165) is 34.0 Å². The third-order valence-corrected chi connectivity index (χ3v) is 7.33. The number of para-hydroxylation sites is 3. The Bertz CT molecular complexity index is 1220. The van der Waals surface area contributed by atoms with Crippen molar-refractivity contribution in [3.8, 4) is 11.5 Å². The number of sulfonamides is 1. The molecule has 3 aromatic rings. The summed E-state index contributed by atoms with van der Waals surface area (Å²) in [6.07, 6.45) is 1.48. The minimum Gasteiger partial charge on any atom is -0.497 e. The highest BCUT2D eigenvalue weighted by atomic mass is 32.2. The smallest absolute Gasteiger partial charge is 0.264 e. The minimum absolute atomic E-state index is 0.0372. The summed E-state index contributed by atoms with van der Waals surface area (Å²) in [6.45, 7) is 3.61. The van der Waals surface area contributed by atoms with Crippen molar-refractivity contribution in [2.75, 3.05) is 30.4 Å². The highest BCUT2D eigenvalue weighted by molar-refractivity contribution is 7.92. The Morgan fingerprint density at radius 3 is 2.03 bits per heavy atom. The molecular formula is C26H30N2O5S. The van der Waals surface area contributed by atoms with E-state index in [9.17, 15) is 13.2 Å². The van der Waals surface area contributed by atoms with Crippen LogP contribution in [0.4, 0.5) is 11.4 Å². The van der Waals surface area contributed by atoms with Crippen molar-refractivity contribution in [1.29, 1.82) is 0 Å². The van der Waals surface area contributed by atoms with Gasteiger partial charge in [-0.25, -0.2) is 8.42 Å². The summed E-state index contributed by atoms with van der Waals surface area (Å²) in [4.78, 5) is 13.3. The first-order chi connectivity index (χ1) is 16.3. The van der Waals surface area contributed by atoms with Gasteiger partial charge in [0.25, 0.3) is 10.0 Å². The third-order valence-electron chi connectivity index (χ3n) is 5.55. The van der Waals surface area contributed by atoms with Crippen LogP contribution in [0, 0.1) is 0 Å². The molecule has 0 bridgehead atoms. The number of nitrogens with one attached hydrogen (secondary N) is 1. The Kier molecular flexibility index (Phi) is 8.17. The second kappa shape index (κ2) is 11.1. The quantitative estimate of drug-likeness (QED) is 0.454. The first-order valence-corrected chi connectivity index (χ1v) is 12.5. The van der Waals surface area contributed by atoms with Gasteiger partial charge in [-0.3, -0.25) is 9.10 Å². The molecule has 0 saturated carbocycles. The highest BCUT2D eigenvalue weighted by Gasteiger charge is 2.29. The number of carbonyl (C=O) groups is 1. The van der Waals surface area contributed by atoms with E-state index in [4.69, 9.17) is 9.47 Å². The summed E-state index contributed by atoms with van der Waals surface area (Å²) in [6, 6.07) is 18.6. The molecule has 180 valence electrons. The van der Waals surface area contributed by atoms with Crippen LogP contribution in [0.5, 0.6) is 11.5 Å². The van der Waals surface area contributed by atoms with Crippen molar-refractivity contribution < 1.29 is 22.7 Å². The van der Waals surface area contributed by atoms with Gasteiger partial charge in [0, 0.05) is 5.69 Å². The number of hydrogen-bond acceptors (Lipinski definition) is 5. The predicted octanol–water partition coefficient (Wildman–Crippen LogP) is 4.66. The van der Waals surface area contributed by atoms with Gasteiger partial charge in [0.15, 0.2) is 0 Å². The van der Waals surface area contributed by atoms with E-state index in [1.807, 2.05) is 32.0 Å². The van der Waals surface area contributed by atoms with Gasteiger partial charge in [-0.2, -0.15) is 0 Å². The SMILES string of the molecule is CCc1cccc(CC)c1NC(=O)CN(c1ccccc1OC)S(=O)(=O)c1ccc(OC)cc1. The summed E-state index contributed by atoms with van der Waals surface area (Å²) in [5.74, 6) is 0.429. The fourth-order valence-electron chi connectivity index (χ4n) is 3.72.